The molecule has 14 heteroatoms. The predicted molar refractivity (Wildman–Crippen MR) is 117 cm³/mol. The van der Waals surface area contributed by atoms with E-state index in [1.807, 2.05) is 0 Å². The minimum Gasteiger partial charge on any atom is -0.461 e. The number of hydrogen-bond acceptors (Lipinski definition) is 8. The molecular formula is C22H17F3N4O6S. The summed E-state index contributed by atoms with van der Waals surface area (Å²) in [6.45, 7) is 1.32. The number of urea groups is 1. The van der Waals surface area contributed by atoms with Crippen LogP contribution >= 0.6 is 0 Å². The van der Waals surface area contributed by atoms with E-state index in [2.05, 4.69) is 10.3 Å². The largest absolute Gasteiger partial charge is 0.501 e. The molecular weight excluding hydrogens is 505 g/mol. The number of imide groups is 1. The van der Waals surface area contributed by atoms with Gasteiger partial charge in [0.15, 0.2) is 5.76 Å². The molecule has 0 radical (unpaired) electrons. The monoisotopic (exact) mass is 522 g/mol. The zero-order valence-electron chi connectivity index (χ0n) is 18.3. The van der Waals surface area contributed by atoms with Crippen LogP contribution < -0.4 is 16.0 Å². The van der Waals surface area contributed by atoms with E-state index >= 15 is 0 Å². The lowest BCUT2D eigenvalue weighted by Crippen LogP contribution is -2.53. The zero-order chi connectivity index (χ0) is 26.5. The number of nitrogens with one attached hydrogen (secondary N) is 1. The number of hydrogen-bond donors (Lipinski definition) is 2. The predicted octanol–water partition coefficient (Wildman–Crippen LogP) is 2.71. The zero-order valence-corrected chi connectivity index (χ0v) is 19.1. The maximum absolute atomic E-state index is 13.3. The van der Waals surface area contributed by atoms with E-state index in [-0.39, 0.29) is 22.6 Å². The maximum atomic E-state index is 13.3. The summed E-state index contributed by atoms with van der Waals surface area (Å²) in [5.74, 6) is -1.43. The van der Waals surface area contributed by atoms with Crippen molar-refractivity contribution in [3.63, 3.8) is 0 Å². The van der Waals surface area contributed by atoms with Gasteiger partial charge in [0.05, 0.1) is 22.9 Å². The number of nitrogens with two attached hydrogens (primary N) is 1. The fourth-order valence-corrected chi connectivity index (χ4v) is 4.49. The summed E-state index contributed by atoms with van der Waals surface area (Å²) in [5, 5.41) is 2.46. The molecule has 1 fully saturated rings. The number of halogens is 3. The highest BCUT2D eigenvalue weighted by atomic mass is 32.2. The lowest BCUT2D eigenvalue weighted by molar-refractivity contribution is -0.122. The van der Waals surface area contributed by atoms with Crippen molar-refractivity contribution in [2.45, 2.75) is 28.9 Å². The molecule has 1 aliphatic heterocycles. The third-order valence-electron chi connectivity index (χ3n) is 5.73. The molecule has 0 saturated carbocycles. The second-order valence-corrected chi connectivity index (χ2v) is 9.90. The summed E-state index contributed by atoms with van der Waals surface area (Å²) >= 11 is 0. The fourth-order valence-electron chi connectivity index (χ4n) is 3.73. The van der Waals surface area contributed by atoms with E-state index in [4.69, 9.17) is 10.2 Å². The number of amides is 3. The molecule has 0 spiro atoms. The van der Waals surface area contributed by atoms with Crippen LogP contribution in [0, 0.1) is 0 Å². The van der Waals surface area contributed by atoms with Crippen molar-refractivity contribution in [1.82, 2.24) is 10.3 Å². The van der Waals surface area contributed by atoms with Gasteiger partial charge in [-0.1, -0.05) is 0 Å². The summed E-state index contributed by atoms with van der Waals surface area (Å²) in [4.78, 5) is 42.4. The van der Waals surface area contributed by atoms with Crippen LogP contribution in [0.3, 0.4) is 0 Å². The average Bonchev–Trinajstić information content (AvgIpc) is 3.45. The Morgan fingerprint density at radius 1 is 1.17 bits per heavy atom. The van der Waals surface area contributed by atoms with Crippen LogP contribution in [0.4, 0.5) is 23.7 Å². The summed E-state index contributed by atoms with van der Waals surface area (Å²) in [5.41, 5.74) is -0.907. The van der Waals surface area contributed by atoms with Gasteiger partial charge in [-0.2, -0.15) is 13.2 Å². The lowest BCUT2D eigenvalue weighted by atomic mass is 9.84. The molecule has 2 atom stereocenters. The molecule has 2 aromatic heterocycles. The molecule has 2 unspecified atom stereocenters. The van der Waals surface area contributed by atoms with Crippen molar-refractivity contribution in [3.05, 3.63) is 78.0 Å². The van der Waals surface area contributed by atoms with Crippen LogP contribution in [-0.4, -0.2) is 42.2 Å². The first-order valence-electron chi connectivity index (χ1n) is 10.1. The smallest absolute Gasteiger partial charge is 0.461 e. The van der Waals surface area contributed by atoms with Gasteiger partial charge in [-0.15, -0.1) is 0 Å². The Balaban J connectivity index is 1.67. The van der Waals surface area contributed by atoms with Gasteiger partial charge >= 0.3 is 11.5 Å². The van der Waals surface area contributed by atoms with Crippen LogP contribution in [0.2, 0.25) is 0 Å². The fraction of sp³-hybridized carbons (Fsp3) is 0.182. The molecule has 3 N–H and O–H groups in total. The summed E-state index contributed by atoms with van der Waals surface area (Å²) in [6.07, 6.45) is 3.88. The maximum Gasteiger partial charge on any atom is 0.501 e. The Hall–Kier alpha value is -4.04. The van der Waals surface area contributed by atoms with E-state index < -0.39 is 49.5 Å². The molecule has 3 aromatic rings. The van der Waals surface area contributed by atoms with Gasteiger partial charge in [-0.25, -0.2) is 18.1 Å². The quantitative estimate of drug-likeness (QED) is 0.370. The van der Waals surface area contributed by atoms with Crippen molar-refractivity contribution < 1.29 is 40.4 Å². The van der Waals surface area contributed by atoms with Crippen LogP contribution in [0.15, 0.2) is 70.4 Å². The Morgan fingerprint density at radius 3 is 2.42 bits per heavy atom. The molecule has 36 heavy (non-hydrogen) atoms. The topological polar surface area (TPSA) is 153 Å². The van der Waals surface area contributed by atoms with Gasteiger partial charge in [0.1, 0.15) is 5.54 Å². The van der Waals surface area contributed by atoms with Gasteiger partial charge in [-0.05, 0) is 55.0 Å². The van der Waals surface area contributed by atoms with Crippen molar-refractivity contribution in [1.29, 1.82) is 0 Å². The van der Waals surface area contributed by atoms with Gasteiger partial charge in [-0.3, -0.25) is 14.6 Å². The number of furan rings is 1. The molecule has 3 amide bonds. The molecule has 1 aliphatic rings. The van der Waals surface area contributed by atoms with Crippen LogP contribution in [0.1, 0.15) is 34.6 Å². The average molecular weight is 522 g/mol. The number of anilines is 1. The Labute approximate surface area is 201 Å². The molecule has 1 aromatic carbocycles. The van der Waals surface area contributed by atoms with Crippen LogP contribution in [0.25, 0.3) is 0 Å². The van der Waals surface area contributed by atoms with Gasteiger partial charge in [0.25, 0.3) is 15.7 Å². The van der Waals surface area contributed by atoms with Crippen molar-refractivity contribution >= 4 is 33.2 Å². The number of nitrogens with zero attached hydrogens (tertiary/aromatic N) is 2. The normalized spacial score (nSPS) is 19.3. The highest BCUT2D eigenvalue weighted by molar-refractivity contribution is 7.92. The molecule has 10 nitrogen and oxygen atoms in total. The highest BCUT2D eigenvalue weighted by Crippen LogP contribution is 2.36. The summed E-state index contributed by atoms with van der Waals surface area (Å²) in [6, 6.07) is 5.20. The van der Waals surface area contributed by atoms with Crippen LogP contribution in [-0.2, 0) is 14.6 Å². The molecule has 0 bridgehead atoms. The first-order valence-corrected chi connectivity index (χ1v) is 11.6. The number of alkyl halides is 3. The van der Waals surface area contributed by atoms with Crippen LogP contribution in [0.5, 0.6) is 0 Å². The lowest BCUT2D eigenvalue weighted by Gasteiger charge is -2.30. The van der Waals surface area contributed by atoms with E-state index in [9.17, 15) is 36.0 Å². The van der Waals surface area contributed by atoms with E-state index in [0.717, 1.165) is 12.1 Å². The molecule has 1 saturated heterocycles. The molecule has 0 aliphatic carbocycles. The molecule has 3 heterocycles. The second-order valence-electron chi connectivity index (χ2n) is 7.96. The Morgan fingerprint density at radius 2 is 1.83 bits per heavy atom. The minimum atomic E-state index is -5.62. The number of pyridine rings is 1. The Kier molecular flexibility index (Phi) is 5.96. The number of carbonyl (C=O) groups is 3. The van der Waals surface area contributed by atoms with E-state index in [1.165, 1.54) is 43.8 Å². The third-order valence-corrected chi connectivity index (χ3v) is 7.23. The number of ketones is 1. The first-order chi connectivity index (χ1) is 16.8. The highest BCUT2D eigenvalue weighted by Gasteiger charge is 2.53. The van der Waals surface area contributed by atoms with Gasteiger partial charge < -0.3 is 15.5 Å². The van der Waals surface area contributed by atoms with E-state index in [1.54, 1.807) is 0 Å². The van der Waals surface area contributed by atoms with Crippen molar-refractivity contribution in [3.8, 4) is 0 Å². The first kappa shape index (κ1) is 25.1. The number of carbonyl (C=O) groups excluding carboxylic acids is 3. The van der Waals surface area contributed by atoms with Gasteiger partial charge in [0.2, 0.25) is 5.78 Å². The van der Waals surface area contributed by atoms with Crippen molar-refractivity contribution in [2.75, 3.05) is 4.90 Å². The number of benzene rings is 1. The second kappa shape index (κ2) is 8.57. The van der Waals surface area contributed by atoms with E-state index in [0.29, 0.717) is 17.0 Å². The number of sulfone groups is 1. The summed E-state index contributed by atoms with van der Waals surface area (Å²) in [7, 11) is -5.62. The van der Waals surface area contributed by atoms with Gasteiger partial charge in [0, 0.05) is 18.0 Å². The summed E-state index contributed by atoms with van der Waals surface area (Å²) < 4.78 is 66.8. The van der Waals surface area contributed by atoms with Crippen molar-refractivity contribution in [2.24, 2.45) is 5.73 Å². The number of rotatable bonds is 6. The number of aromatic nitrogens is 1. The standard InChI is InChI=1S/C22H17F3N4O6S/c1-21(18(26)14-8-9-27-11-15(14)17(30)16-3-2-10-35-16)19(31)29(20(32)28-21)12-4-6-13(7-5-12)36(33,34)22(23,24)25/h2-11,18H,26H2,1H3,(H,28,32). The molecule has 4 rings (SSSR count). The third kappa shape index (κ3) is 3.93. The minimum absolute atomic E-state index is 0.00101. The SMILES string of the molecule is CC1(C(N)c2ccncc2C(=O)c2ccco2)NC(=O)N(c2ccc(S(=O)(=O)C(F)(F)F)cc2)C1=O. The Bertz CT molecular complexity index is 1460. The molecule has 188 valence electrons.